The predicted octanol–water partition coefficient (Wildman–Crippen LogP) is 4.48. The van der Waals surface area contributed by atoms with E-state index < -0.39 is 5.97 Å². The molecule has 0 aromatic heterocycles. The van der Waals surface area contributed by atoms with E-state index in [9.17, 15) is 4.79 Å². The number of hydrogen-bond donors (Lipinski definition) is 2. The zero-order valence-corrected chi connectivity index (χ0v) is 15.5. The highest BCUT2D eigenvalue weighted by Gasteiger charge is 2.41. The van der Waals surface area contributed by atoms with Gasteiger partial charge >= 0.3 is 5.97 Å². The molecule has 5 heteroatoms. The molecule has 0 spiro atoms. The summed E-state index contributed by atoms with van der Waals surface area (Å²) < 4.78 is 5.47. The fourth-order valence-electron chi connectivity index (χ4n) is 3.09. The minimum absolute atomic E-state index is 0.168. The molecule has 1 aromatic carbocycles. The summed E-state index contributed by atoms with van der Waals surface area (Å²) >= 11 is 6.73. The van der Waals surface area contributed by atoms with Gasteiger partial charge in [0.1, 0.15) is 0 Å². The van der Waals surface area contributed by atoms with Crippen molar-refractivity contribution in [3.63, 3.8) is 0 Å². The molecule has 4 nitrogen and oxygen atoms in total. The van der Waals surface area contributed by atoms with Crippen LogP contribution in [0.4, 0.5) is 5.69 Å². The van der Waals surface area contributed by atoms with E-state index in [1.165, 1.54) is 11.1 Å². The molecule has 2 N–H and O–H groups in total. The molecule has 0 fully saturated rings. The van der Waals surface area contributed by atoms with Gasteiger partial charge in [-0.25, -0.2) is 4.79 Å². The Bertz CT molecular complexity index is 652. The standard InChI is InChI=1S/C19H26ClNO3/c1-12(2)13(3)7-8-19(11-24-4)17(20)10-15-9-14(18(22)23)5-6-16(15)21-19/h5-6,9,17,21H,7-8,10-11H2,1-4H3,(H,22,23)/t17-,19-/m0/s1. The van der Waals surface area contributed by atoms with Gasteiger partial charge in [0.25, 0.3) is 0 Å². The highest BCUT2D eigenvalue weighted by Crippen LogP contribution is 2.38. The number of methoxy groups -OCH3 is 1. The number of alkyl halides is 1. The van der Waals surface area contributed by atoms with Gasteiger partial charge in [0.15, 0.2) is 0 Å². The molecule has 1 aliphatic heterocycles. The van der Waals surface area contributed by atoms with E-state index in [0.29, 0.717) is 18.6 Å². The Morgan fingerprint density at radius 3 is 2.71 bits per heavy atom. The first-order valence-corrected chi connectivity index (χ1v) is 8.63. The third-order valence-corrected chi connectivity index (χ3v) is 5.51. The Labute approximate surface area is 148 Å². The average Bonchev–Trinajstić information content (AvgIpc) is 2.53. The van der Waals surface area contributed by atoms with E-state index in [1.807, 2.05) is 6.07 Å². The minimum Gasteiger partial charge on any atom is -0.478 e. The van der Waals surface area contributed by atoms with E-state index in [0.717, 1.165) is 24.1 Å². The third-order valence-electron chi connectivity index (χ3n) is 4.94. The SMILES string of the molecule is COC[C@]1(CCC(C)=C(C)C)Nc2ccc(C(=O)O)cc2C[C@@H]1Cl. The molecule has 0 aliphatic carbocycles. The van der Waals surface area contributed by atoms with Gasteiger partial charge in [-0.1, -0.05) is 11.1 Å². The van der Waals surface area contributed by atoms with Crippen LogP contribution in [0.2, 0.25) is 0 Å². The van der Waals surface area contributed by atoms with E-state index in [1.54, 1.807) is 19.2 Å². The lowest BCUT2D eigenvalue weighted by Crippen LogP contribution is -2.54. The summed E-state index contributed by atoms with van der Waals surface area (Å²) in [7, 11) is 1.68. The lowest BCUT2D eigenvalue weighted by atomic mass is 9.81. The monoisotopic (exact) mass is 351 g/mol. The van der Waals surface area contributed by atoms with Crippen molar-refractivity contribution in [2.45, 2.75) is 50.9 Å². The van der Waals surface area contributed by atoms with Crippen molar-refractivity contribution >= 4 is 23.3 Å². The Hall–Kier alpha value is -1.52. The molecular weight excluding hydrogens is 326 g/mol. The topological polar surface area (TPSA) is 58.6 Å². The van der Waals surface area contributed by atoms with E-state index in [4.69, 9.17) is 21.4 Å². The molecule has 0 amide bonds. The number of anilines is 1. The molecule has 0 saturated heterocycles. The molecule has 0 unspecified atom stereocenters. The zero-order chi connectivity index (χ0) is 17.9. The Balaban J connectivity index is 2.30. The largest absolute Gasteiger partial charge is 0.478 e. The first-order valence-electron chi connectivity index (χ1n) is 8.19. The fourth-order valence-corrected chi connectivity index (χ4v) is 3.48. The van der Waals surface area contributed by atoms with Gasteiger partial charge in [0.05, 0.1) is 23.1 Å². The van der Waals surface area contributed by atoms with E-state index in [-0.39, 0.29) is 10.9 Å². The summed E-state index contributed by atoms with van der Waals surface area (Å²) in [5.74, 6) is -0.920. The molecule has 132 valence electrons. The van der Waals surface area contributed by atoms with Crippen LogP contribution in [0.3, 0.4) is 0 Å². The normalized spacial score (nSPS) is 22.5. The number of halogens is 1. The molecule has 0 saturated carbocycles. The molecule has 2 atom stereocenters. The van der Waals surface area contributed by atoms with Gasteiger partial charge in [0, 0.05) is 12.8 Å². The van der Waals surface area contributed by atoms with Gasteiger partial charge in [-0.3, -0.25) is 0 Å². The number of carboxylic acid groups (broad SMARTS) is 1. The molecular formula is C19H26ClNO3. The minimum atomic E-state index is -0.920. The van der Waals surface area contributed by atoms with Crippen LogP contribution in [0.25, 0.3) is 0 Å². The molecule has 24 heavy (non-hydrogen) atoms. The van der Waals surface area contributed by atoms with Crippen LogP contribution < -0.4 is 5.32 Å². The zero-order valence-electron chi connectivity index (χ0n) is 14.8. The number of benzene rings is 1. The van der Waals surface area contributed by atoms with Crippen LogP contribution in [0.15, 0.2) is 29.3 Å². The van der Waals surface area contributed by atoms with Gasteiger partial charge in [0.2, 0.25) is 0 Å². The number of carboxylic acids is 1. The number of ether oxygens (including phenoxy) is 1. The quantitative estimate of drug-likeness (QED) is 0.586. The summed E-state index contributed by atoms with van der Waals surface area (Å²) in [5, 5.41) is 12.5. The second-order valence-electron chi connectivity index (χ2n) is 6.84. The number of nitrogens with one attached hydrogen (secondary N) is 1. The van der Waals surface area contributed by atoms with Crippen molar-refractivity contribution in [1.82, 2.24) is 0 Å². The van der Waals surface area contributed by atoms with Crippen molar-refractivity contribution in [3.8, 4) is 0 Å². The number of carbonyl (C=O) groups is 1. The maximum atomic E-state index is 11.2. The Morgan fingerprint density at radius 2 is 2.12 bits per heavy atom. The predicted molar refractivity (Wildman–Crippen MR) is 98.3 cm³/mol. The number of fused-ring (bicyclic) bond motifs is 1. The maximum absolute atomic E-state index is 11.2. The third kappa shape index (κ3) is 3.93. The van der Waals surface area contributed by atoms with E-state index in [2.05, 4.69) is 26.1 Å². The highest BCUT2D eigenvalue weighted by molar-refractivity contribution is 6.22. The van der Waals surface area contributed by atoms with Crippen LogP contribution in [-0.4, -0.2) is 35.7 Å². The van der Waals surface area contributed by atoms with Crippen LogP contribution in [0.1, 0.15) is 49.5 Å². The first kappa shape index (κ1) is 18.8. The molecule has 0 bridgehead atoms. The van der Waals surface area contributed by atoms with Crippen molar-refractivity contribution in [2.24, 2.45) is 0 Å². The van der Waals surface area contributed by atoms with Gasteiger partial charge < -0.3 is 15.2 Å². The molecule has 1 aliphatic rings. The Morgan fingerprint density at radius 1 is 1.42 bits per heavy atom. The smallest absolute Gasteiger partial charge is 0.335 e. The number of allylic oxidation sites excluding steroid dienone is 2. The Kier molecular flexibility index (Phi) is 5.94. The van der Waals surface area contributed by atoms with Crippen LogP contribution >= 0.6 is 11.6 Å². The van der Waals surface area contributed by atoms with Crippen LogP contribution in [-0.2, 0) is 11.2 Å². The number of aromatic carboxylic acids is 1. The lowest BCUT2D eigenvalue weighted by Gasteiger charge is -2.43. The fraction of sp³-hybridized carbons (Fsp3) is 0.526. The molecule has 2 rings (SSSR count). The number of rotatable bonds is 6. The average molecular weight is 352 g/mol. The summed E-state index contributed by atoms with van der Waals surface area (Å²) in [4.78, 5) is 11.2. The first-order chi connectivity index (χ1) is 11.3. The van der Waals surface area contributed by atoms with Crippen LogP contribution in [0.5, 0.6) is 0 Å². The van der Waals surface area contributed by atoms with E-state index >= 15 is 0 Å². The summed E-state index contributed by atoms with van der Waals surface area (Å²) in [6.07, 6.45) is 2.44. The van der Waals surface area contributed by atoms with Crippen molar-refractivity contribution in [1.29, 1.82) is 0 Å². The van der Waals surface area contributed by atoms with Crippen molar-refractivity contribution in [2.75, 3.05) is 19.0 Å². The number of hydrogen-bond acceptors (Lipinski definition) is 3. The summed E-state index contributed by atoms with van der Waals surface area (Å²) in [6.45, 7) is 6.90. The summed E-state index contributed by atoms with van der Waals surface area (Å²) in [6, 6.07) is 5.17. The van der Waals surface area contributed by atoms with Gasteiger partial charge in [-0.05, 0) is 63.8 Å². The van der Waals surface area contributed by atoms with Crippen molar-refractivity contribution < 1.29 is 14.6 Å². The molecule has 0 radical (unpaired) electrons. The van der Waals surface area contributed by atoms with Gasteiger partial charge in [-0.15, -0.1) is 11.6 Å². The van der Waals surface area contributed by atoms with Gasteiger partial charge in [-0.2, -0.15) is 0 Å². The summed E-state index contributed by atoms with van der Waals surface area (Å²) in [5.41, 5.74) is 4.52. The second-order valence-corrected chi connectivity index (χ2v) is 7.37. The maximum Gasteiger partial charge on any atom is 0.335 e. The lowest BCUT2D eigenvalue weighted by molar-refractivity contribution is 0.0696. The molecule has 1 heterocycles. The second kappa shape index (κ2) is 7.58. The molecule has 1 aromatic rings. The van der Waals surface area contributed by atoms with Crippen LogP contribution in [0, 0.1) is 0 Å². The van der Waals surface area contributed by atoms with Crippen molar-refractivity contribution in [3.05, 3.63) is 40.5 Å². The highest BCUT2D eigenvalue weighted by atomic mass is 35.5.